The van der Waals surface area contributed by atoms with Gasteiger partial charge in [-0.3, -0.25) is 9.48 Å². The minimum absolute atomic E-state index is 0.00552. The number of anilines is 1. The maximum atomic E-state index is 13.7. The molecule has 4 nitrogen and oxygen atoms in total. The lowest BCUT2D eigenvalue weighted by molar-refractivity contribution is -0.138. The number of benzene rings is 2. The molecule has 28 heavy (non-hydrogen) atoms. The van der Waals surface area contributed by atoms with Crippen molar-refractivity contribution in [2.45, 2.75) is 12.7 Å². The number of nitrogens with zero attached hydrogens (tertiary/aromatic N) is 2. The first-order chi connectivity index (χ1) is 13.1. The van der Waals surface area contributed by atoms with E-state index >= 15 is 0 Å². The Kier molecular flexibility index (Phi) is 5.68. The van der Waals surface area contributed by atoms with Crippen LogP contribution in [0.1, 0.15) is 21.5 Å². The van der Waals surface area contributed by atoms with E-state index in [4.69, 9.17) is 0 Å². The molecule has 1 N–H and O–H groups in total. The molecule has 1 amide bonds. The van der Waals surface area contributed by atoms with Gasteiger partial charge in [0.2, 0.25) is 0 Å². The van der Waals surface area contributed by atoms with Gasteiger partial charge in [-0.15, -0.1) is 0 Å². The van der Waals surface area contributed by atoms with Crippen molar-refractivity contribution in [1.29, 1.82) is 0 Å². The fourth-order valence-corrected chi connectivity index (χ4v) is 3.03. The van der Waals surface area contributed by atoms with Crippen LogP contribution in [0.2, 0.25) is 0 Å². The monoisotopic (exact) mass is 507 g/mol. The fourth-order valence-electron chi connectivity index (χ4n) is 2.53. The molecule has 0 unspecified atom stereocenters. The topological polar surface area (TPSA) is 46.9 Å². The summed E-state index contributed by atoms with van der Waals surface area (Å²) < 4.78 is 68.6. The van der Waals surface area contributed by atoms with E-state index in [2.05, 4.69) is 10.4 Å². The molecule has 0 radical (unpaired) electrons. The molecule has 0 saturated heterocycles. The number of rotatable bonds is 4. The van der Waals surface area contributed by atoms with Crippen LogP contribution < -0.4 is 5.32 Å². The molecular formula is C18H11F5IN3O. The van der Waals surface area contributed by atoms with Gasteiger partial charge < -0.3 is 5.32 Å². The standard InChI is InChI=1S/C18H11F5IN3O/c19-13-2-1-3-14(20)16(13)17(28)25-15-6-7-27(26-15)9-10-4-5-11(24)8-12(10)18(21,22)23/h1-8H,9H2,(H,25,26,28). The number of halogens is 6. The van der Waals surface area contributed by atoms with Crippen LogP contribution >= 0.6 is 22.6 Å². The predicted octanol–water partition coefficient (Wildman–Crippen LogP) is 5.09. The summed E-state index contributed by atoms with van der Waals surface area (Å²) in [6, 6.07) is 8.23. The summed E-state index contributed by atoms with van der Waals surface area (Å²) in [5.41, 5.74) is -1.56. The molecule has 0 saturated carbocycles. The van der Waals surface area contributed by atoms with E-state index in [9.17, 15) is 26.7 Å². The highest BCUT2D eigenvalue weighted by Gasteiger charge is 2.33. The van der Waals surface area contributed by atoms with Gasteiger partial charge in [-0.25, -0.2) is 8.78 Å². The van der Waals surface area contributed by atoms with Gasteiger partial charge in [-0.2, -0.15) is 18.3 Å². The summed E-state index contributed by atoms with van der Waals surface area (Å²) in [6.07, 6.45) is -3.17. The predicted molar refractivity (Wildman–Crippen MR) is 99.8 cm³/mol. The summed E-state index contributed by atoms with van der Waals surface area (Å²) in [5, 5.41) is 6.17. The number of aromatic nitrogens is 2. The average Bonchev–Trinajstić information content (AvgIpc) is 3.02. The fraction of sp³-hybridized carbons (Fsp3) is 0.111. The van der Waals surface area contributed by atoms with Crippen molar-refractivity contribution in [2.75, 3.05) is 5.32 Å². The maximum absolute atomic E-state index is 13.7. The van der Waals surface area contributed by atoms with Gasteiger partial charge in [0.25, 0.3) is 5.91 Å². The van der Waals surface area contributed by atoms with E-state index < -0.39 is 34.8 Å². The molecule has 0 fully saturated rings. The second-order valence-electron chi connectivity index (χ2n) is 5.75. The third-order valence-electron chi connectivity index (χ3n) is 3.78. The molecule has 0 aliphatic heterocycles. The molecule has 1 heterocycles. The summed E-state index contributed by atoms with van der Waals surface area (Å²) in [7, 11) is 0. The Morgan fingerprint density at radius 1 is 1.11 bits per heavy atom. The number of alkyl halides is 3. The Balaban J connectivity index is 1.80. The molecule has 0 aliphatic carbocycles. The van der Waals surface area contributed by atoms with Crippen LogP contribution in [0.5, 0.6) is 0 Å². The molecule has 3 aromatic rings. The van der Waals surface area contributed by atoms with Crippen LogP contribution in [0.4, 0.5) is 27.8 Å². The number of nitrogens with one attached hydrogen (secondary N) is 1. The zero-order valence-electron chi connectivity index (χ0n) is 13.9. The van der Waals surface area contributed by atoms with E-state index in [-0.39, 0.29) is 17.9 Å². The minimum Gasteiger partial charge on any atom is -0.305 e. The number of carbonyl (C=O) groups excluding carboxylic acids is 1. The van der Waals surface area contributed by atoms with Crippen LogP contribution in [0.25, 0.3) is 0 Å². The number of hydrogen-bond acceptors (Lipinski definition) is 2. The van der Waals surface area contributed by atoms with E-state index in [1.165, 1.54) is 29.1 Å². The Labute approximate surface area is 169 Å². The quantitative estimate of drug-likeness (QED) is 0.396. The molecule has 3 rings (SSSR count). The van der Waals surface area contributed by atoms with E-state index in [0.29, 0.717) is 3.57 Å². The Bertz CT molecular complexity index is 1010. The van der Waals surface area contributed by atoms with Crippen molar-refractivity contribution in [2.24, 2.45) is 0 Å². The highest BCUT2D eigenvalue weighted by molar-refractivity contribution is 14.1. The Morgan fingerprint density at radius 2 is 1.79 bits per heavy atom. The maximum Gasteiger partial charge on any atom is 0.416 e. The molecule has 1 aromatic heterocycles. The van der Waals surface area contributed by atoms with Crippen molar-refractivity contribution in [3.63, 3.8) is 0 Å². The third-order valence-corrected chi connectivity index (χ3v) is 4.45. The average molecular weight is 507 g/mol. The van der Waals surface area contributed by atoms with Crippen LogP contribution in [-0.2, 0) is 12.7 Å². The minimum atomic E-state index is -4.52. The molecule has 146 valence electrons. The molecule has 0 spiro atoms. The second kappa shape index (κ2) is 7.86. The van der Waals surface area contributed by atoms with E-state index in [1.54, 1.807) is 22.6 Å². The van der Waals surface area contributed by atoms with Crippen molar-refractivity contribution in [3.8, 4) is 0 Å². The Hall–Kier alpha value is -2.50. The normalized spacial score (nSPS) is 11.5. The number of amides is 1. The zero-order chi connectivity index (χ0) is 20.5. The molecule has 0 bridgehead atoms. The molecular weight excluding hydrogens is 496 g/mol. The Morgan fingerprint density at radius 3 is 2.43 bits per heavy atom. The smallest absolute Gasteiger partial charge is 0.305 e. The molecule has 0 aliphatic rings. The highest BCUT2D eigenvalue weighted by atomic mass is 127. The van der Waals surface area contributed by atoms with Gasteiger partial charge in [0.1, 0.15) is 17.2 Å². The van der Waals surface area contributed by atoms with Crippen molar-refractivity contribution in [3.05, 3.63) is 80.6 Å². The number of hydrogen-bond donors (Lipinski definition) is 1. The summed E-state index contributed by atoms with van der Waals surface area (Å²) in [4.78, 5) is 12.1. The van der Waals surface area contributed by atoms with Crippen molar-refractivity contribution >= 4 is 34.3 Å². The van der Waals surface area contributed by atoms with Gasteiger partial charge in [-0.05, 0) is 52.4 Å². The first-order valence-corrected chi connectivity index (χ1v) is 8.87. The van der Waals surface area contributed by atoms with Gasteiger partial charge >= 0.3 is 6.18 Å². The lowest BCUT2D eigenvalue weighted by Gasteiger charge is -2.13. The van der Waals surface area contributed by atoms with Gasteiger partial charge in [0, 0.05) is 15.8 Å². The SMILES string of the molecule is O=C(Nc1ccn(Cc2ccc(I)cc2C(F)(F)F)n1)c1c(F)cccc1F. The second-order valence-corrected chi connectivity index (χ2v) is 6.99. The first-order valence-electron chi connectivity index (χ1n) is 7.79. The molecule has 0 atom stereocenters. The van der Waals surface area contributed by atoms with Crippen LogP contribution in [0.15, 0.2) is 48.7 Å². The summed E-state index contributed by atoms with van der Waals surface area (Å²) >= 11 is 1.79. The van der Waals surface area contributed by atoms with E-state index in [1.807, 2.05) is 0 Å². The van der Waals surface area contributed by atoms with Crippen LogP contribution in [0.3, 0.4) is 0 Å². The largest absolute Gasteiger partial charge is 0.416 e. The molecule has 10 heteroatoms. The van der Waals surface area contributed by atoms with Gasteiger partial charge in [-0.1, -0.05) is 12.1 Å². The van der Waals surface area contributed by atoms with Crippen molar-refractivity contribution in [1.82, 2.24) is 9.78 Å². The lowest BCUT2D eigenvalue weighted by atomic mass is 10.1. The lowest BCUT2D eigenvalue weighted by Crippen LogP contribution is -2.16. The van der Waals surface area contributed by atoms with Gasteiger partial charge in [0.05, 0.1) is 12.1 Å². The first kappa shape index (κ1) is 20.2. The zero-order valence-corrected chi connectivity index (χ0v) is 16.1. The van der Waals surface area contributed by atoms with Gasteiger partial charge in [0.15, 0.2) is 5.82 Å². The number of carbonyl (C=O) groups is 1. The molecule has 2 aromatic carbocycles. The van der Waals surface area contributed by atoms with Crippen LogP contribution in [0, 0.1) is 15.2 Å². The summed E-state index contributed by atoms with van der Waals surface area (Å²) in [5.74, 6) is -3.17. The summed E-state index contributed by atoms with van der Waals surface area (Å²) in [6.45, 7) is -0.199. The van der Waals surface area contributed by atoms with Crippen LogP contribution in [-0.4, -0.2) is 15.7 Å². The third kappa shape index (κ3) is 4.49. The highest BCUT2D eigenvalue weighted by Crippen LogP contribution is 2.33. The van der Waals surface area contributed by atoms with E-state index in [0.717, 1.165) is 24.3 Å². The van der Waals surface area contributed by atoms with Crippen molar-refractivity contribution < 1.29 is 26.7 Å².